The van der Waals surface area contributed by atoms with Gasteiger partial charge in [0.15, 0.2) is 16.6 Å². The van der Waals surface area contributed by atoms with E-state index < -0.39 is 0 Å². The molecule has 2 aliphatic rings. The number of thiocarbonyl (C=S) groups is 1. The number of nitrogens with one attached hydrogen (secondary N) is 2. The average molecular weight is 525 g/mol. The third-order valence-corrected chi connectivity index (χ3v) is 7.02. The minimum atomic E-state index is -0.136. The van der Waals surface area contributed by atoms with Crippen molar-refractivity contribution in [3.05, 3.63) is 63.9 Å². The summed E-state index contributed by atoms with van der Waals surface area (Å²) in [6, 6.07) is 13.4. The summed E-state index contributed by atoms with van der Waals surface area (Å²) >= 11 is 5.81. The minimum Gasteiger partial charge on any atom is -0.497 e. The number of benzene rings is 2. The SMILES string of the molecule is COc1ccc2[nH]c(=O)c(CN(Cc3ccc4c(c3)OCO4)C(=S)NCCCN3CCOCC3)cc2c1. The number of morpholine rings is 1. The molecule has 3 heterocycles. The van der Waals surface area contributed by atoms with E-state index in [0.717, 1.165) is 79.5 Å². The van der Waals surface area contributed by atoms with Gasteiger partial charge in [0.1, 0.15) is 5.75 Å². The summed E-state index contributed by atoms with van der Waals surface area (Å²) < 4.78 is 21.8. The van der Waals surface area contributed by atoms with Gasteiger partial charge in [-0.1, -0.05) is 6.07 Å². The van der Waals surface area contributed by atoms with Crippen LogP contribution in [-0.4, -0.2) is 73.2 Å². The summed E-state index contributed by atoms with van der Waals surface area (Å²) in [6.07, 6.45) is 0.967. The van der Waals surface area contributed by atoms with Gasteiger partial charge in [-0.05, 0) is 67.1 Å². The predicted octanol–water partition coefficient (Wildman–Crippen LogP) is 2.86. The summed E-state index contributed by atoms with van der Waals surface area (Å²) in [5.74, 6) is 2.19. The molecule has 196 valence electrons. The first-order chi connectivity index (χ1) is 18.1. The molecule has 37 heavy (non-hydrogen) atoms. The lowest BCUT2D eigenvalue weighted by atomic mass is 10.1. The fourth-order valence-corrected chi connectivity index (χ4v) is 4.80. The lowest BCUT2D eigenvalue weighted by molar-refractivity contribution is 0.0376. The molecule has 0 amide bonds. The number of hydrogen-bond donors (Lipinski definition) is 2. The van der Waals surface area contributed by atoms with E-state index in [2.05, 4.69) is 15.2 Å². The quantitative estimate of drug-likeness (QED) is 0.324. The molecule has 0 aliphatic carbocycles. The summed E-state index contributed by atoms with van der Waals surface area (Å²) in [7, 11) is 1.63. The zero-order valence-electron chi connectivity index (χ0n) is 21.0. The highest BCUT2D eigenvalue weighted by Gasteiger charge is 2.18. The van der Waals surface area contributed by atoms with Crippen molar-refractivity contribution < 1.29 is 18.9 Å². The molecule has 2 N–H and O–H groups in total. The maximum absolute atomic E-state index is 13.0. The first kappa shape index (κ1) is 25.3. The van der Waals surface area contributed by atoms with Gasteiger partial charge >= 0.3 is 0 Å². The van der Waals surface area contributed by atoms with E-state index in [1.165, 1.54) is 0 Å². The van der Waals surface area contributed by atoms with Gasteiger partial charge in [-0.15, -0.1) is 0 Å². The van der Waals surface area contributed by atoms with E-state index in [1.54, 1.807) is 7.11 Å². The van der Waals surface area contributed by atoms with Crippen molar-refractivity contribution in [3.63, 3.8) is 0 Å². The highest BCUT2D eigenvalue weighted by Crippen LogP contribution is 2.33. The van der Waals surface area contributed by atoms with Crippen LogP contribution in [0.3, 0.4) is 0 Å². The molecular weight excluding hydrogens is 492 g/mol. The maximum atomic E-state index is 13.0. The smallest absolute Gasteiger partial charge is 0.253 e. The summed E-state index contributed by atoms with van der Waals surface area (Å²) in [5.41, 5.74) is 2.27. The number of fused-ring (bicyclic) bond motifs is 2. The van der Waals surface area contributed by atoms with Gasteiger partial charge in [0.05, 0.1) is 26.9 Å². The van der Waals surface area contributed by atoms with Crippen molar-refractivity contribution in [1.29, 1.82) is 0 Å². The third kappa shape index (κ3) is 6.33. The molecule has 0 atom stereocenters. The molecule has 2 aromatic carbocycles. The fraction of sp³-hybridized carbons (Fsp3) is 0.407. The van der Waals surface area contributed by atoms with Gasteiger partial charge in [-0.2, -0.15) is 0 Å². The summed E-state index contributed by atoms with van der Waals surface area (Å²) in [5, 5.41) is 4.91. The number of pyridine rings is 1. The van der Waals surface area contributed by atoms with Crippen LogP contribution in [0.5, 0.6) is 17.2 Å². The first-order valence-electron chi connectivity index (χ1n) is 12.5. The number of nitrogens with zero attached hydrogens (tertiary/aromatic N) is 2. The van der Waals surface area contributed by atoms with Crippen LogP contribution in [0.15, 0.2) is 47.3 Å². The normalized spacial score (nSPS) is 15.1. The second kappa shape index (κ2) is 11.8. The first-order valence-corrected chi connectivity index (χ1v) is 12.9. The number of methoxy groups -OCH3 is 1. The van der Waals surface area contributed by atoms with Crippen molar-refractivity contribution in [1.82, 2.24) is 20.1 Å². The monoisotopic (exact) mass is 524 g/mol. The van der Waals surface area contributed by atoms with Crippen LogP contribution in [-0.2, 0) is 17.8 Å². The van der Waals surface area contributed by atoms with E-state index in [1.807, 2.05) is 47.4 Å². The second-order valence-corrected chi connectivity index (χ2v) is 9.55. The summed E-state index contributed by atoms with van der Waals surface area (Å²) in [6.45, 7) is 6.36. The molecule has 1 saturated heterocycles. The van der Waals surface area contributed by atoms with E-state index >= 15 is 0 Å². The standard InChI is InChI=1S/C27H32N4O5S/c1-33-22-4-5-23-20(15-22)14-21(26(32)29-23)17-31(16-19-3-6-24-25(13-19)36-18-35-24)27(37)28-7-2-8-30-9-11-34-12-10-30/h3-6,13-15H,2,7-12,16-18H2,1H3,(H,28,37)(H,29,32). The molecular formula is C27H32N4O5S. The molecule has 0 unspecified atom stereocenters. The molecule has 0 bridgehead atoms. The largest absolute Gasteiger partial charge is 0.497 e. The zero-order chi connectivity index (χ0) is 25.6. The Kier molecular flexibility index (Phi) is 8.08. The van der Waals surface area contributed by atoms with E-state index in [9.17, 15) is 4.79 Å². The van der Waals surface area contributed by atoms with Crippen LogP contribution >= 0.6 is 12.2 Å². The van der Waals surface area contributed by atoms with Gasteiger partial charge in [0, 0.05) is 42.6 Å². The van der Waals surface area contributed by atoms with Crippen LogP contribution in [0, 0.1) is 0 Å². The Balaban J connectivity index is 1.31. The molecule has 0 spiro atoms. The van der Waals surface area contributed by atoms with Crippen molar-refractivity contribution in [3.8, 4) is 17.2 Å². The Morgan fingerprint density at radius 2 is 1.95 bits per heavy atom. The molecule has 0 saturated carbocycles. The number of H-pyrrole nitrogens is 1. The molecule has 9 nitrogen and oxygen atoms in total. The van der Waals surface area contributed by atoms with Crippen molar-refractivity contribution in [2.75, 3.05) is 53.3 Å². The molecule has 10 heteroatoms. The van der Waals surface area contributed by atoms with Crippen LogP contribution in [0.4, 0.5) is 0 Å². The van der Waals surface area contributed by atoms with Crippen LogP contribution in [0.2, 0.25) is 0 Å². The van der Waals surface area contributed by atoms with Gasteiger partial charge in [-0.3, -0.25) is 9.69 Å². The fourth-order valence-electron chi connectivity index (χ4n) is 4.57. The van der Waals surface area contributed by atoms with Crippen LogP contribution in [0.25, 0.3) is 10.9 Å². The Morgan fingerprint density at radius 3 is 2.78 bits per heavy atom. The lowest BCUT2D eigenvalue weighted by Gasteiger charge is -2.28. The van der Waals surface area contributed by atoms with Crippen molar-refractivity contribution in [2.45, 2.75) is 19.5 Å². The number of aromatic amines is 1. The third-order valence-electron chi connectivity index (χ3n) is 6.62. The average Bonchev–Trinajstić information content (AvgIpc) is 3.39. The predicted molar refractivity (Wildman–Crippen MR) is 145 cm³/mol. The highest BCUT2D eigenvalue weighted by molar-refractivity contribution is 7.80. The van der Waals surface area contributed by atoms with Gasteiger partial charge in [0.25, 0.3) is 5.56 Å². The molecule has 3 aromatic rings. The topological polar surface area (TPSA) is 88.3 Å². The molecule has 0 radical (unpaired) electrons. The maximum Gasteiger partial charge on any atom is 0.253 e. The number of aromatic nitrogens is 1. The van der Waals surface area contributed by atoms with Crippen molar-refractivity contribution in [2.24, 2.45) is 0 Å². The van der Waals surface area contributed by atoms with Crippen LogP contribution in [0.1, 0.15) is 17.5 Å². The molecule has 5 rings (SSSR count). The molecule has 2 aliphatic heterocycles. The Hall–Kier alpha value is -3.34. The van der Waals surface area contributed by atoms with Gasteiger partial charge in [0.2, 0.25) is 6.79 Å². The second-order valence-electron chi connectivity index (χ2n) is 9.16. The lowest BCUT2D eigenvalue weighted by Crippen LogP contribution is -2.42. The van der Waals surface area contributed by atoms with Gasteiger partial charge in [-0.25, -0.2) is 0 Å². The number of ether oxygens (including phenoxy) is 4. The van der Waals surface area contributed by atoms with E-state index in [-0.39, 0.29) is 12.4 Å². The number of hydrogen-bond acceptors (Lipinski definition) is 7. The highest BCUT2D eigenvalue weighted by atomic mass is 32.1. The van der Waals surface area contributed by atoms with Crippen molar-refractivity contribution >= 4 is 28.2 Å². The minimum absolute atomic E-state index is 0.136. The Labute approximate surface area is 221 Å². The molecule has 1 fully saturated rings. The molecule has 1 aromatic heterocycles. The number of rotatable bonds is 9. The van der Waals surface area contributed by atoms with Gasteiger partial charge < -0.3 is 34.1 Å². The zero-order valence-corrected chi connectivity index (χ0v) is 21.8. The van der Waals surface area contributed by atoms with Crippen LogP contribution < -0.4 is 25.1 Å². The van der Waals surface area contributed by atoms with E-state index in [4.69, 9.17) is 31.2 Å². The Bertz CT molecular complexity index is 1310. The van der Waals surface area contributed by atoms with E-state index in [0.29, 0.717) is 23.8 Å². The Morgan fingerprint density at radius 1 is 1.11 bits per heavy atom. The summed E-state index contributed by atoms with van der Waals surface area (Å²) in [4.78, 5) is 20.4.